The second-order valence-corrected chi connectivity index (χ2v) is 28.9. The molecule has 0 aliphatic rings. The first-order valence-corrected chi connectivity index (χ1v) is 38.2. The summed E-state index contributed by atoms with van der Waals surface area (Å²) in [6.45, 7) is 0. The summed E-state index contributed by atoms with van der Waals surface area (Å²) in [6, 6.07) is 131. The van der Waals surface area contributed by atoms with Crippen LogP contribution in [0, 0.1) is 0 Å². The van der Waals surface area contributed by atoms with Gasteiger partial charge in [0.05, 0.1) is 49.7 Å². The first kappa shape index (κ1) is 64.3. The Bertz CT molecular complexity index is 7990. The highest BCUT2D eigenvalue weighted by Gasteiger charge is 2.26. The summed E-state index contributed by atoms with van der Waals surface area (Å²) in [5.41, 5.74) is 22.0. The molecule has 0 amide bonds. The number of nitrogens with zero attached hydrogens (tertiary/aromatic N) is 10. The van der Waals surface area contributed by atoms with Crippen molar-refractivity contribution >= 4 is 131 Å². The minimum Gasteiger partial charge on any atom is -0.456 e. The van der Waals surface area contributed by atoms with Gasteiger partial charge >= 0.3 is 0 Å². The number of rotatable bonds is 10. The second-order valence-electron chi connectivity index (χ2n) is 28.9. The van der Waals surface area contributed by atoms with E-state index < -0.39 is 0 Å². The van der Waals surface area contributed by atoms with Crippen LogP contribution < -0.4 is 0 Å². The van der Waals surface area contributed by atoms with Gasteiger partial charge < -0.3 is 18.0 Å². The molecule has 0 spiro atoms. The number of hydrogen-bond donors (Lipinski definition) is 0. The van der Waals surface area contributed by atoms with Crippen LogP contribution in [0.15, 0.2) is 385 Å². The lowest BCUT2D eigenvalue weighted by Gasteiger charge is -2.12. The van der Waals surface area contributed by atoms with Crippen LogP contribution in [0.3, 0.4) is 0 Å². The average molecular weight is 1460 g/mol. The normalized spacial score (nSPS) is 11.9. The van der Waals surface area contributed by atoms with Crippen molar-refractivity contribution in [1.82, 2.24) is 48.2 Å². The van der Waals surface area contributed by atoms with E-state index >= 15 is 0 Å². The average Bonchev–Trinajstić information content (AvgIpc) is 1.56. The summed E-state index contributed by atoms with van der Waals surface area (Å²) in [5.74, 6) is 3.35. The molecular weight excluding hydrogens is 1400 g/mol. The molecule has 0 fully saturated rings. The molecule has 16 aromatic carbocycles. The summed E-state index contributed by atoms with van der Waals surface area (Å²) in [4.78, 5) is 31.7. The van der Waals surface area contributed by atoms with Crippen LogP contribution in [0.4, 0.5) is 0 Å². The Hall–Kier alpha value is -15.7. The Morgan fingerprint density at radius 1 is 0.175 bits per heavy atom. The van der Waals surface area contributed by atoms with Gasteiger partial charge in [0.1, 0.15) is 22.3 Å². The number of aromatic nitrogens is 10. The van der Waals surface area contributed by atoms with Gasteiger partial charge in [-0.15, -0.1) is 0 Å². The number of para-hydroxylation sites is 9. The van der Waals surface area contributed by atoms with E-state index in [1.165, 1.54) is 10.8 Å². The lowest BCUT2D eigenvalue weighted by atomic mass is 10.0. The van der Waals surface area contributed by atoms with Crippen molar-refractivity contribution in [2.45, 2.75) is 0 Å². The lowest BCUT2D eigenvalue weighted by molar-refractivity contribution is 0.669. The fraction of sp³-hybridized carbons (Fsp3) is 0. The Morgan fingerprint density at radius 3 is 0.974 bits per heavy atom. The lowest BCUT2D eigenvalue weighted by Crippen LogP contribution is -2.06. The van der Waals surface area contributed by atoms with E-state index in [0.29, 0.717) is 35.2 Å². The zero-order valence-corrected chi connectivity index (χ0v) is 61.1. The summed E-state index contributed by atoms with van der Waals surface area (Å²) < 4.78 is 22.0. The van der Waals surface area contributed by atoms with Crippen LogP contribution in [0.25, 0.3) is 222 Å². The van der Waals surface area contributed by atoms with E-state index in [2.05, 4.69) is 334 Å². The van der Waals surface area contributed by atoms with Gasteiger partial charge in [0.25, 0.3) is 0 Å². The smallest absolute Gasteiger partial charge is 0.238 e. The number of furan rings is 2. The summed E-state index contributed by atoms with van der Waals surface area (Å²) in [5, 5.41) is 13.4. The van der Waals surface area contributed by atoms with Crippen LogP contribution in [0.1, 0.15) is 0 Å². The summed E-state index contributed by atoms with van der Waals surface area (Å²) >= 11 is 0. The molecule has 12 nitrogen and oxygen atoms in total. The Labute approximate surface area is 651 Å². The number of fused-ring (bicyclic) bond motifs is 18. The van der Waals surface area contributed by atoms with Crippen LogP contribution >= 0.6 is 0 Å². The van der Waals surface area contributed by atoms with Crippen LogP contribution in [-0.4, -0.2) is 48.2 Å². The van der Waals surface area contributed by atoms with E-state index in [0.717, 1.165) is 176 Å². The predicted octanol–water partition coefficient (Wildman–Crippen LogP) is 25.9. The zero-order valence-electron chi connectivity index (χ0n) is 61.1. The van der Waals surface area contributed by atoms with Crippen LogP contribution in [-0.2, 0) is 0 Å². The SMILES string of the molecule is c1ccc(-c2cccc(-c3nc(-c4ccc5c(c4)oc4ccccc45)nc(-n4c5ccccc5c5cc6c(cc54)c4ccccc4n6-c4ccccc4)n3)c2)cc1.c1ccc(-c2cccc(-c3nc(-c4cccc5c4oc4ccccc45)nc(-n4c5ccccc5c5cc6c(cc54)c4ccccc4n6-c4ccccc4)n3)c2)cc1. The van der Waals surface area contributed by atoms with Gasteiger partial charge in [-0.05, 0) is 138 Å². The standard InChI is InChI=1S/2C51H31N5O/c1-3-15-32(16-4-1)33-17-13-18-34(29-33)49-52-50(40-25-14-24-39-38-23-9-12-28-47(38)57-48(39)40)54-51(53-49)56-44-27-11-8-22-37(44)42-30-45-41(31-46(42)56)36-21-7-10-26-43(36)55(45)35-19-5-2-6-20-35;1-3-14-32(15-4-1)33-16-13-17-34(28-33)49-52-50(35-26-27-40-39-22-9-12-25-47(39)57-48(40)29-35)54-51(53-49)56-44-24-11-8-21-38(44)42-30-45-41(31-46(42)56)37-20-7-10-23-43(37)55(45)36-18-5-2-6-19-36/h2*1-31H. The van der Waals surface area contributed by atoms with E-state index in [1.54, 1.807) is 0 Å². The molecule has 0 bridgehead atoms. The van der Waals surface area contributed by atoms with Crippen molar-refractivity contribution < 1.29 is 8.83 Å². The monoisotopic (exact) mass is 1460 g/mol. The van der Waals surface area contributed by atoms with Gasteiger partial charge in [-0.3, -0.25) is 9.13 Å². The largest absolute Gasteiger partial charge is 0.456 e. The Balaban J connectivity index is 0.000000135. The molecule has 0 aliphatic heterocycles. The number of hydrogen-bond acceptors (Lipinski definition) is 8. The van der Waals surface area contributed by atoms with Gasteiger partial charge in [-0.2, -0.15) is 19.9 Å². The Kier molecular flexibility index (Phi) is 14.7. The molecule has 24 aromatic rings. The van der Waals surface area contributed by atoms with Gasteiger partial charge in [-0.25, -0.2) is 9.97 Å². The van der Waals surface area contributed by atoms with E-state index in [1.807, 2.05) is 60.7 Å². The van der Waals surface area contributed by atoms with Crippen LogP contribution in [0.2, 0.25) is 0 Å². The minimum absolute atomic E-state index is 0.533. The third-order valence-electron chi connectivity index (χ3n) is 22.3. The third kappa shape index (κ3) is 10.5. The molecule has 0 unspecified atom stereocenters. The van der Waals surface area contributed by atoms with Crippen molar-refractivity contribution in [3.05, 3.63) is 376 Å². The fourth-order valence-electron chi connectivity index (χ4n) is 17.2. The maximum atomic E-state index is 6.55. The van der Waals surface area contributed by atoms with Crippen LogP contribution in [0.5, 0.6) is 0 Å². The second kappa shape index (κ2) is 26.0. The fourth-order valence-corrected chi connectivity index (χ4v) is 17.2. The third-order valence-corrected chi connectivity index (χ3v) is 22.3. The minimum atomic E-state index is 0.533. The first-order chi connectivity index (χ1) is 56.5. The van der Waals surface area contributed by atoms with Crippen molar-refractivity contribution in [2.75, 3.05) is 0 Å². The molecule has 0 saturated heterocycles. The maximum absolute atomic E-state index is 6.55. The zero-order chi connectivity index (χ0) is 74.9. The summed E-state index contributed by atoms with van der Waals surface area (Å²) in [6.07, 6.45) is 0. The molecule has 0 atom stereocenters. The Morgan fingerprint density at radius 2 is 0.500 bits per heavy atom. The number of benzene rings is 16. The molecule has 0 saturated carbocycles. The molecular formula is C102H62N10O2. The van der Waals surface area contributed by atoms with Gasteiger partial charge in [0.2, 0.25) is 11.9 Å². The predicted molar refractivity (Wildman–Crippen MR) is 464 cm³/mol. The highest BCUT2D eigenvalue weighted by Crippen LogP contribution is 2.44. The molecule has 8 aromatic heterocycles. The summed E-state index contributed by atoms with van der Waals surface area (Å²) in [7, 11) is 0. The molecule has 0 N–H and O–H groups in total. The van der Waals surface area contributed by atoms with Crippen molar-refractivity contribution in [2.24, 2.45) is 0 Å². The van der Waals surface area contributed by atoms with Gasteiger partial charge in [0.15, 0.2) is 23.3 Å². The maximum Gasteiger partial charge on any atom is 0.238 e. The highest BCUT2D eigenvalue weighted by molar-refractivity contribution is 6.21. The van der Waals surface area contributed by atoms with E-state index in [-0.39, 0.29) is 0 Å². The highest BCUT2D eigenvalue weighted by atomic mass is 16.3. The topological polar surface area (TPSA) is 123 Å². The first-order valence-electron chi connectivity index (χ1n) is 38.2. The molecule has 8 heterocycles. The molecule has 114 heavy (non-hydrogen) atoms. The van der Waals surface area contributed by atoms with Gasteiger partial charge in [-0.1, -0.05) is 261 Å². The molecule has 532 valence electrons. The van der Waals surface area contributed by atoms with E-state index in [4.69, 9.17) is 38.7 Å². The van der Waals surface area contributed by atoms with Crippen molar-refractivity contribution in [1.29, 1.82) is 0 Å². The molecule has 24 rings (SSSR count). The van der Waals surface area contributed by atoms with Gasteiger partial charge in [0, 0.05) is 92.7 Å². The quantitative estimate of drug-likeness (QED) is 0.133. The van der Waals surface area contributed by atoms with Crippen molar-refractivity contribution in [3.63, 3.8) is 0 Å². The molecule has 0 radical (unpaired) electrons. The molecule has 12 heteroatoms. The van der Waals surface area contributed by atoms with E-state index in [9.17, 15) is 0 Å². The molecule has 0 aliphatic carbocycles. The van der Waals surface area contributed by atoms with Crippen molar-refractivity contribution in [3.8, 4) is 91.1 Å².